The fourth-order valence-electron chi connectivity index (χ4n) is 1.18. The van der Waals surface area contributed by atoms with Crippen LogP contribution in [0.3, 0.4) is 0 Å². The van der Waals surface area contributed by atoms with Gasteiger partial charge in [0.2, 0.25) is 6.17 Å². The average molecular weight is 243 g/mol. The van der Waals surface area contributed by atoms with Crippen LogP contribution in [-0.4, -0.2) is 47.9 Å². The van der Waals surface area contributed by atoms with Crippen molar-refractivity contribution in [2.45, 2.75) is 13.1 Å². The Bertz CT molecular complexity index is 266. The molecule has 0 aromatic carbocycles. The summed E-state index contributed by atoms with van der Waals surface area (Å²) in [6, 6.07) is 0. The highest BCUT2D eigenvalue weighted by molar-refractivity contribution is 6.50. The van der Waals surface area contributed by atoms with Gasteiger partial charge in [0, 0.05) is 26.0 Å². The molecule has 0 fully saturated rings. The summed E-state index contributed by atoms with van der Waals surface area (Å²) >= 11 is 0. The van der Waals surface area contributed by atoms with Crippen LogP contribution < -0.4 is 0 Å². The van der Waals surface area contributed by atoms with Gasteiger partial charge in [-0.05, 0) is 6.92 Å². The molecule has 1 N–H and O–H groups in total. The molecule has 0 spiro atoms. The molecule has 0 amide bonds. The number of carbonyl (C=O) groups is 1. The molecule has 0 saturated heterocycles. The lowest BCUT2D eigenvalue weighted by molar-refractivity contribution is -0.145. The average Bonchev–Trinajstić information content (AvgIpc) is 2.43. The smallest absolute Gasteiger partial charge is 0.478 e. The fraction of sp³-hybridized carbons (Fsp3) is 0.571. The topological polar surface area (TPSA) is 43.8 Å². The molecule has 1 rings (SSSR count). The molecule has 1 atom stereocenters. The van der Waals surface area contributed by atoms with E-state index in [0.717, 1.165) is 6.54 Å². The molecule has 1 aliphatic heterocycles. The Morgan fingerprint density at radius 1 is 1.38 bits per heavy atom. The molecule has 9 heteroatoms. The predicted octanol–water partition coefficient (Wildman–Crippen LogP) is 1.44. The van der Waals surface area contributed by atoms with Crippen LogP contribution in [-0.2, 0) is 4.79 Å². The standard InChI is InChI=1S/C7H12N2O2.BF4/c1-3-9-5-4-8(2)6(9)7(10)11;2-1(3,4)5/h4-6H,3H2,1-2H3,(H,10,11);/q;-1. The maximum absolute atomic E-state index is 10.7. The zero-order valence-electron chi connectivity index (χ0n) is 8.78. The van der Waals surface area contributed by atoms with Gasteiger partial charge in [0.1, 0.15) is 0 Å². The summed E-state index contributed by atoms with van der Waals surface area (Å²) in [4.78, 5) is 14.1. The van der Waals surface area contributed by atoms with Crippen molar-refractivity contribution in [3.63, 3.8) is 0 Å². The normalized spacial score (nSPS) is 19.5. The van der Waals surface area contributed by atoms with Gasteiger partial charge < -0.3 is 32.2 Å². The Balaban J connectivity index is 0.000000385. The first-order valence-electron chi connectivity index (χ1n) is 4.43. The van der Waals surface area contributed by atoms with E-state index >= 15 is 0 Å². The van der Waals surface area contributed by atoms with Gasteiger partial charge in [-0.1, -0.05) is 0 Å². The van der Waals surface area contributed by atoms with Crippen molar-refractivity contribution in [1.29, 1.82) is 0 Å². The van der Waals surface area contributed by atoms with Crippen LogP contribution >= 0.6 is 0 Å². The van der Waals surface area contributed by atoms with Crippen LogP contribution in [0, 0.1) is 0 Å². The van der Waals surface area contributed by atoms with Crippen LogP contribution in [0.25, 0.3) is 0 Å². The van der Waals surface area contributed by atoms with Crippen molar-refractivity contribution in [2.75, 3.05) is 13.6 Å². The lowest BCUT2D eigenvalue weighted by Crippen LogP contribution is -2.42. The molecular weight excluding hydrogens is 231 g/mol. The number of carboxylic acids is 1. The Morgan fingerprint density at radius 2 is 1.81 bits per heavy atom. The van der Waals surface area contributed by atoms with Crippen LogP contribution in [0.2, 0.25) is 0 Å². The van der Waals surface area contributed by atoms with Gasteiger partial charge in [-0.3, -0.25) is 0 Å². The largest absolute Gasteiger partial charge is 0.673 e. The van der Waals surface area contributed by atoms with Crippen molar-refractivity contribution in [1.82, 2.24) is 9.80 Å². The number of aliphatic carboxylic acids is 1. The zero-order chi connectivity index (χ0) is 12.9. The molecule has 1 aliphatic rings. The van der Waals surface area contributed by atoms with Gasteiger partial charge in [0.05, 0.1) is 0 Å². The molecule has 4 nitrogen and oxygen atoms in total. The van der Waals surface area contributed by atoms with Crippen LogP contribution in [0.15, 0.2) is 12.4 Å². The summed E-state index contributed by atoms with van der Waals surface area (Å²) in [6.45, 7) is 2.65. The molecule has 0 aromatic rings. The van der Waals surface area contributed by atoms with Gasteiger partial charge >= 0.3 is 13.2 Å². The van der Waals surface area contributed by atoms with Crippen LogP contribution in [0.1, 0.15) is 6.92 Å². The summed E-state index contributed by atoms with van der Waals surface area (Å²) in [5.74, 6) is -0.806. The minimum atomic E-state index is -6.00. The second-order valence-corrected chi connectivity index (χ2v) is 3.00. The maximum atomic E-state index is 10.7. The second-order valence-electron chi connectivity index (χ2n) is 3.00. The van der Waals surface area contributed by atoms with Gasteiger partial charge in [0.25, 0.3) is 0 Å². The molecule has 1 heterocycles. The zero-order valence-corrected chi connectivity index (χ0v) is 8.78. The summed E-state index contributed by atoms with van der Waals surface area (Å²) in [5, 5.41) is 8.76. The Morgan fingerprint density at radius 3 is 2.06 bits per heavy atom. The van der Waals surface area contributed by atoms with Crippen molar-refractivity contribution >= 4 is 13.2 Å². The number of halogens is 4. The van der Waals surface area contributed by atoms with E-state index in [1.807, 2.05) is 6.92 Å². The quantitative estimate of drug-likeness (QED) is 0.588. The number of carboxylic acid groups (broad SMARTS) is 1. The first kappa shape index (κ1) is 14.6. The summed E-state index contributed by atoms with van der Waals surface area (Å²) in [6.07, 6.45) is 3.04. The van der Waals surface area contributed by atoms with Gasteiger partial charge in [-0.2, -0.15) is 0 Å². The van der Waals surface area contributed by atoms with Gasteiger partial charge in [0.15, 0.2) is 0 Å². The van der Waals surface area contributed by atoms with Gasteiger partial charge in [-0.25, -0.2) is 4.79 Å². The number of hydrogen-bond acceptors (Lipinski definition) is 3. The third-order valence-electron chi connectivity index (χ3n) is 1.78. The molecular formula is C7H12BF4N2O2-. The highest BCUT2D eigenvalue weighted by atomic mass is 19.5. The monoisotopic (exact) mass is 243 g/mol. The van der Waals surface area contributed by atoms with E-state index in [0.29, 0.717) is 0 Å². The van der Waals surface area contributed by atoms with E-state index in [4.69, 9.17) is 5.11 Å². The van der Waals surface area contributed by atoms with Crippen LogP contribution in [0.5, 0.6) is 0 Å². The fourth-order valence-corrected chi connectivity index (χ4v) is 1.18. The Labute approximate surface area is 90.2 Å². The Kier molecular flexibility index (Phi) is 5.12. The highest BCUT2D eigenvalue weighted by Crippen LogP contribution is 2.12. The molecule has 0 radical (unpaired) electrons. The summed E-state index contributed by atoms with van der Waals surface area (Å²) in [7, 11) is -4.25. The second kappa shape index (κ2) is 5.62. The van der Waals surface area contributed by atoms with Crippen molar-refractivity contribution < 1.29 is 27.2 Å². The lowest BCUT2D eigenvalue weighted by atomic mass is 10.3. The van der Waals surface area contributed by atoms with Gasteiger partial charge in [-0.15, -0.1) is 0 Å². The van der Waals surface area contributed by atoms with E-state index in [2.05, 4.69) is 0 Å². The van der Waals surface area contributed by atoms with Crippen molar-refractivity contribution in [2.24, 2.45) is 0 Å². The van der Waals surface area contributed by atoms with Crippen molar-refractivity contribution in [3.05, 3.63) is 12.4 Å². The minimum Gasteiger partial charge on any atom is -0.478 e. The molecule has 16 heavy (non-hydrogen) atoms. The van der Waals surface area contributed by atoms with E-state index in [1.54, 1.807) is 29.2 Å². The Hall–Kier alpha value is -1.41. The van der Waals surface area contributed by atoms with E-state index < -0.39 is 19.4 Å². The van der Waals surface area contributed by atoms with Crippen molar-refractivity contribution in [3.8, 4) is 0 Å². The molecule has 0 aromatic heterocycles. The number of likely N-dealkylation sites (N-methyl/N-ethyl adjacent to an activating group) is 2. The lowest BCUT2D eigenvalue weighted by Gasteiger charge is -2.25. The molecule has 0 aliphatic carbocycles. The SMILES string of the molecule is CCN1C=CN(C)C1C(=O)O.F[B-](F)(F)F. The first-order chi connectivity index (χ1) is 7.16. The van der Waals surface area contributed by atoms with E-state index in [1.165, 1.54) is 0 Å². The molecule has 0 bridgehead atoms. The summed E-state index contributed by atoms with van der Waals surface area (Å²) in [5.41, 5.74) is 0. The van der Waals surface area contributed by atoms with Crippen LogP contribution in [0.4, 0.5) is 17.3 Å². The molecule has 1 unspecified atom stereocenters. The van der Waals surface area contributed by atoms with E-state index in [-0.39, 0.29) is 0 Å². The van der Waals surface area contributed by atoms with E-state index in [9.17, 15) is 22.1 Å². The number of nitrogens with zero attached hydrogens (tertiary/aromatic N) is 2. The number of rotatable bonds is 2. The first-order valence-corrected chi connectivity index (χ1v) is 4.43. The third kappa shape index (κ3) is 5.47. The predicted molar refractivity (Wildman–Crippen MR) is 50.9 cm³/mol. The molecule has 94 valence electrons. The summed E-state index contributed by atoms with van der Waals surface area (Å²) < 4.78 is 39.0. The maximum Gasteiger partial charge on any atom is 0.673 e. The number of hydrogen-bond donors (Lipinski definition) is 1. The minimum absolute atomic E-state index is 0.514. The third-order valence-corrected chi connectivity index (χ3v) is 1.78. The molecule has 0 saturated carbocycles. The highest BCUT2D eigenvalue weighted by Gasteiger charge is 2.28.